The number of aryl methyl sites for hydroxylation is 1. The molecule has 0 radical (unpaired) electrons. The number of carbonyl (C=O) groups is 2. The number of anilines is 1. The number of carboxylic acids is 1. The Hall–Kier alpha value is -3.49. The maximum Gasteiger partial charge on any atom is 0.338 e. The van der Waals surface area contributed by atoms with Crippen molar-refractivity contribution in [2.24, 2.45) is 0 Å². The molecule has 0 aromatic carbocycles. The Balaban J connectivity index is 1.58. The van der Waals surface area contributed by atoms with Gasteiger partial charge in [-0.15, -0.1) is 0 Å². The summed E-state index contributed by atoms with van der Waals surface area (Å²) in [4.78, 5) is 30.9. The Morgan fingerprint density at radius 3 is 2.92 bits per heavy atom. The number of furan rings is 1. The van der Waals surface area contributed by atoms with E-state index in [1.165, 1.54) is 29.5 Å². The molecule has 0 aliphatic heterocycles. The van der Waals surface area contributed by atoms with Gasteiger partial charge in [-0.3, -0.25) is 14.8 Å². The summed E-state index contributed by atoms with van der Waals surface area (Å²) in [6.45, 7) is 0.247. The molecule has 0 saturated heterocycles. The number of nitrogens with zero attached hydrogens (tertiary/aromatic N) is 4. The van der Waals surface area contributed by atoms with Gasteiger partial charge in [-0.2, -0.15) is 5.10 Å². The monoisotopic (exact) mass is 327 g/mol. The van der Waals surface area contributed by atoms with Crippen molar-refractivity contribution >= 4 is 17.8 Å². The molecular formula is C15H13N5O4. The van der Waals surface area contributed by atoms with E-state index in [0.717, 1.165) is 0 Å². The lowest BCUT2D eigenvalue weighted by Crippen LogP contribution is -2.16. The highest BCUT2D eigenvalue weighted by atomic mass is 16.4. The van der Waals surface area contributed by atoms with E-state index in [1.54, 1.807) is 18.2 Å². The predicted molar refractivity (Wildman–Crippen MR) is 82.2 cm³/mol. The molecule has 1 amide bonds. The summed E-state index contributed by atoms with van der Waals surface area (Å²) in [7, 11) is 0. The molecule has 0 aliphatic carbocycles. The van der Waals surface area contributed by atoms with E-state index >= 15 is 0 Å². The fraction of sp³-hybridized carbons (Fsp3) is 0.133. The molecule has 0 bridgehead atoms. The zero-order valence-corrected chi connectivity index (χ0v) is 12.4. The van der Waals surface area contributed by atoms with Gasteiger partial charge in [0.2, 0.25) is 11.9 Å². The fourth-order valence-corrected chi connectivity index (χ4v) is 1.98. The van der Waals surface area contributed by atoms with Crippen LogP contribution >= 0.6 is 0 Å². The van der Waals surface area contributed by atoms with E-state index < -0.39 is 5.97 Å². The van der Waals surface area contributed by atoms with Crippen LogP contribution in [0.5, 0.6) is 0 Å². The van der Waals surface area contributed by atoms with Crippen LogP contribution in [0.3, 0.4) is 0 Å². The van der Waals surface area contributed by atoms with Crippen LogP contribution in [0.2, 0.25) is 0 Å². The Morgan fingerprint density at radius 2 is 2.21 bits per heavy atom. The minimum absolute atomic E-state index is 0.0740. The fourth-order valence-electron chi connectivity index (χ4n) is 1.98. The van der Waals surface area contributed by atoms with Crippen LogP contribution in [-0.4, -0.2) is 36.7 Å². The first kappa shape index (κ1) is 15.4. The Bertz CT molecular complexity index is 856. The molecule has 122 valence electrons. The normalized spacial score (nSPS) is 10.5. The Labute approximate surface area is 136 Å². The van der Waals surface area contributed by atoms with E-state index in [0.29, 0.717) is 11.5 Å². The van der Waals surface area contributed by atoms with Gasteiger partial charge in [0.25, 0.3) is 0 Å². The highest BCUT2D eigenvalue weighted by Gasteiger charge is 2.10. The third-order valence-electron chi connectivity index (χ3n) is 3.13. The van der Waals surface area contributed by atoms with Crippen molar-refractivity contribution in [2.45, 2.75) is 13.0 Å². The molecule has 9 nitrogen and oxygen atoms in total. The second-order valence-electron chi connectivity index (χ2n) is 4.84. The van der Waals surface area contributed by atoms with Crippen LogP contribution in [0.25, 0.3) is 11.5 Å². The summed E-state index contributed by atoms with van der Waals surface area (Å²) in [6.07, 6.45) is 5.76. The highest BCUT2D eigenvalue weighted by Crippen LogP contribution is 2.17. The second kappa shape index (κ2) is 6.73. The van der Waals surface area contributed by atoms with Gasteiger partial charge in [-0.25, -0.2) is 14.8 Å². The molecule has 3 aromatic heterocycles. The number of aromatic nitrogens is 4. The van der Waals surface area contributed by atoms with Crippen molar-refractivity contribution in [3.05, 3.63) is 48.6 Å². The molecule has 24 heavy (non-hydrogen) atoms. The van der Waals surface area contributed by atoms with E-state index in [4.69, 9.17) is 9.52 Å². The van der Waals surface area contributed by atoms with E-state index in [2.05, 4.69) is 20.4 Å². The van der Waals surface area contributed by atoms with Gasteiger partial charge < -0.3 is 9.52 Å². The Kier molecular flexibility index (Phi) is 4.32. The largest absolute Gasteiger partial charge is 0.478 e. The van der Waals surface area contributed by atoms with Crippen molar-refractivity contribution in [3.63, 3.8) is 0 Å². The molecule has 0 fully saturated rings. The number of amides is 1. The van der Waals surface area contributed by atoms with Gasteiger partial charge in [0.15, 0.2) is 5.76 Å². The number of carboxylic acid groups (broad SMARTS) is 1. The second-order valence-corrected chi connectivity index (χ2v) is 4.84. The molecule has 3 rings (SSSR count). The van der Waals surface area contributed by atoms with E-state index in [9.17, 15) is 9.59 Å². The molecule has 0 spiro atoms. The summed E-state index contributed by atoms with van der Waals surface area (Å²) in [6, 6.07) is 5.17. The number of hydrogen-bond donors (Lipinski definition) is 2. The highest BCUT2D eigenvalue weighted by molar-refractivity contribution is 5.89. The minimum Gasteiger partial charge on any atom is -0.478 e. The summed E-state index contributed by atoms with van der Waals surface area (Å²) >= 11 is 0. The van der Waals surface area contributed by atoms with Gasteiger partial charge in [0.05, 0.1) is 18.0 Å². The summed E-state index contributed by atoms with van der Waals surface area (Å²) in [5.41, 5.74) is 0.633. The molecule has 9 heteroatoms. The summed E-state index contributed by atoms with van der Waals surface area (Å²) in [5.74, 6) is -0.626. The van der Waals surface area contributed by atoms with Crippen molar-refractivity contribution in [2.75, 3.05) is 5.32 Å². The third kappa shape index (κ3) is 3.64. The van der Waals surface area contributed by atoms with Gasteiger partial charge in [0.1, 0.15) is 5.69 Å². The van der Waals surface area contributed by atoms with Crippen molar-refractivity contribution in [1.29, 1.82) is 0 Å². The zero-order chi connectivity index (χ0) is 16.9. The lowest BCUT2D eigenvalue weighted by atomic mass is 10.3. The molecule has 3 aromatic rings. The summed E-state index contributed by atoms with van der Waals surface area (Å²) in [5, 5.41) is 15.3. The first-order valence-electron chi connectivity index (χ1n) is 7.04. The van der Waals surface area contributed by atoms with Crippen LogP contribution in [0.15, 0.2) is 47.5 Å². The van der Waals surface area contributed by atoms with Crippen LogP contribution in [0.4, 0.5) is 5.95 Å². The number of nitrogens with one attached hydrogen (secondary N) is 1. The third-order valence-corrected chi connectivity index (χ3v) is 3.13. The van der Waals surface area contributed by atoms with Gasteiger partial charge in [-0.05, 0) is 18.2 Å². The van der Waals surface area contributed by atoms with Crippen molar-refractivity contribution < 1.29 is 19.1 Å². The number of carbonyl (C=O) groups excluding carboxylic acids is 1. The average molecular weight is 327 g/mol. The molecule has 0 saturated carbocycles. The smallest absolute Gasteiger partial charge is 0.338 e. The van der Waals surface area contributed by atoms with Crippen LogP contribution in [0, 0.1) is 0 Å². The van der Waals surface area contributed by atoms with Crippen molar-refractivity contribution in [3.8, 4) is 11.5 Å². The first-order valence-corrected chi connectivity index (χ1v) is 7.04. The topological polar surface area (TPSA) is 123 Å². The molecule has 2 N–H and O–H groups in total. The van der Waals surface area contributed by atoms with Crippen molar-refractivity contribution in [1.82, 2.24) is 19.7 Å². The first-order chi connectivity index (χ1) is 11.6. The number of aromatic carboxylic acids is 1. The molecule has 0 aliphatic rings. The van der Waals surface area contributed by atoms with E-state index in [1.807, 2.05) is 0 Å². The molecule has 3 heterocycles. The van der Waals surface area contributed by atoms with Crippen LogP contribution < -0.4 is 5.32 Å². The summed E-state index contributed by atoms with van der Waals surface area (Å²) < 4.78 is 6.64. The zero-order valence-electron chi connectivity index (χ0n) is 12.4. The molecule has 0 atom stereocenters. The lowest BCUT2D eigenvalue weighted by molar-refractivity contribution is -0.116. The average Bonchev–Trinajstić information content (AvgIpc) is 3.25. The molecular weight excluding hydrogens is 314 g/mol. The maximum absolute atomic E-state index is 12.0. The Morgan fingerprint density at radius 1 is 1.33 bits per heavy atom. The molecule has 0 unspecified atom stereocenters. The van der Waals surface area contributed by atoms with E-state index in [-0.39, 0.29) is 30.4 Å². The van der Waals surface area contributed by atoms with Gasteiger partial charge in [-0.1, -0.05) is 0 Å². The minimum atomic E-state index is -1.06. The van der Waals surface area contributed by atoms with Gasteiger partial charge >= 0.3 is 5.97 Å². The van der Waals surface area contributed by atoms with Crippen LogP contribution in [0.1, 0.15) is 16.8 Å². The lowest BCUT2D eigenvalue weighted by Gasteiger charge is -2.05. The standard InChI is InChI=1S/C15H13N5O4/c21-13(4-6-20-9-10(8-17-20)14(22)23)19-15-16-5-3-11(18-15)12-2-1-7-24-12/h1-3,5,7-9H,4,6H2,(H,22,23)(H,16,18,19,21). The number of hydrogen-bond acceptors (Lipinski definition) is 6. The predicted octanol–water partition coefficient (Wildman–Crippen LogP) is 1.66. The SMILES string of the molecule is O=C(CCn1cc(C(=O)O)cn1)Nc1nccc(-c2ccco2)n1. The quantitative estimate of drug-likeness (QED) is 0.705. The van der Waals surface area contributed by atoms with Gasteiger partial charge in [0, 0.05) is 25.4 Å². The maximum atomic E-state index is 12.0. The van der Waals surface area contributed by atoms with Crippen LogP contribution in [-0.2, 0) is 11.3 Å². The number of rotatable bonds is 6.